The summed E-state index contributed by atoms with van der Waals surface area (Å²) in [5.41, 5.74) is 1.63. The van der Waals surface area contributed by atoms with Gasteiger partial charge in [-0.25, -0.2) is 4.98 Å². The van der Waals surface area contributed by atoms with Crippen LogP contribution in [0.3, 0.4) is 0 Å². The topological polar surface area (TPSA) is 86.9 Å². The van der Waals surface area contributed by atoms with Crippen LogP contribution in [-0.4, -0.2) is 36.4 Å². The lowest BCUT2D eigenvalue weighted by Gasteiger charge is -2.20. The second-order valence-corrected chi connectivity index (χ2v) is 7.94. The SMILES string of the molecule is CCC(Cn1ccc2cnc(Nc3cnn(CC(=O)OC(C)C)c3)nc21)C(C)C. The quantitative estimate of drug-likeness (QED) is 0.548. The second-order valence-electron chi connectivity index (χ2n) is 7.94. The fourth-order valence-electron chi connectivity index (χ4n) is 3.32. The Hall–Kier alpha value is -2.90. The van der Waals surface area contributed by atoms with Crippen molar-refractivity contribution in [3.63, 3.8) is 0 Å². The van der Waals surface area contributed by atoms with Gasteiger partial charge >= 0.3 is 5.97 Å². The molecule has 0 aliphatic heterocycles. The summed E-state index contributed by atoms with van der Waals surface area (Å²) in [7, 11) is 0. The van der Waals surface area contributed by atoms with Crippen molar-refractivity contribution in [2.24, 2.45) is 11.8 Å². The van der Waals surface area contributed by atoms with E-state index in [0.29, 0.717) is 23.5 Å². The first kappa shape index (κ1) is 20.8. The lowest BCUT2D eigenvalue weighted by atomic mass is 9.93. The van der Waals surface area contributed by atoms with Crippen LogP contribution in [0.2, 0.25) is 0 Å². The normalized spacial score (nSPS) is 12.7. The molecule has 0 saturated heterocycles. The van der Waals surface area contributed by atoms with E-state index < -0.39 is 0 Å². The average molecular weight is 399 g/mol. The van der Waals surface area contributed by atoms with Gasteiger partial charge in [0.1, 0.15) is 12.2 Å². The molecule has 0 aliphatic rings. The predicted octanol–water partition coefficient (Wildman–Crippen LogP) is 4.01. The first-order valence-electron chi connectivity index (χ1n) is 10.2. The van der Waals surface area contributed by atoms with Crippen LogP contribution in [0.25, 0.3) is 11.0 Å². The molecule has 29 heavy (non-hydrogen) atoms. The zero-order valence-corrected chi connectivity index (χ0v) is 17.8. The van der Waals surface area contributed by atoms with Gasteiger partial charge in [0.2, 0.25) is 5.95 Å². The van der Waals surface area contributed by atoms with Crippen molar-refractivity contribution in [1.82, 2.24) is 24.3 Å². The molecule has 1 atom stereocenters. The molecule has 1 N–H and O–H groups in total. The van der Waals surface area contributed by atoms with Gasteiger partial charge in [0.25, 0.3) is 0 Å². The maximum Gasteiger partial charge on any atom is 0.328 e. The molecule has 0 fully saturated rings. The van der Waals surface area contributed by atoms with Crippen molar-refractivity contribution in [2.45, 2.75) is 60.2 Å². The Morgan fingerprint density at radius 1 is 1.24 bits per heavy atom. The molecule has 8 nitrogen and oxygen atoms in total. The van der Waals surface area contributed by atoms with Gasteiger partial charge in [-0.3, -0.25) is 9.48 Å². The summed E-state index contributed by atoms with van der Waals surface area (Å²) in [4.78, 5) is 20.9. The van der Waals surface area contributed by atoms with Crippen LogP contribution in [0.4, 0.5) is 11.6 Å². The van der Waals surface area contributed by atoms with E-state index in [0.717, 1.165) is 24.0 Å². The van der Waals surface area contributed by atoms with Gasteiger partial charge in [-0.1, -0.05) is 27.2 Å². The van der Waals surface area contributed by atoms with Crippen LogP contribution in [-0.2, 0) is 22.6 Å². The Labute approximate surface area is 171 Å². The van der Waals surface area contributed by atoms with Crippen molar-refractivity contribution in [1.29, 1.82) is 0 Å². The maximum absolute atomic E-state index is 11.8. The van der Waals surface area contributed by atoms with Crippen molar-refractivity contribution in [3.8, 4) is 0 Å². The third-order valence-corrected chi connectivity index (χ3v) is 4.95. The highest BCUT2D eigenvalue weighted by atomic mass is 16.5. The lowest BCUT2D eigenvalue weighted by molar-refractivity contribution is -0.148. The highest BCUT2D eigenvalue weighted by molar-refractivity contribution is 5.76. The highest BCUT2D eigenvalue weighted by Crippen LogP contribution is 2.22. The number of fused-ring (bicyclic) bond motifs is 1. The number of esters is 1. The molecule has 3 rings (SSSR count). The molecule has 0 aliphatic carbocycles. The van der Waals surface area contributed by atoms with Gasteiger partial charge in [0.15, 0.2) is 0 Å². The first-order chi connectivity index (χ1) is 13.9. The summed E-state index contributed by atoms with van der Waals surface area (Å²) in [6.45, 7) is 11.4. The third kappa shape index (κ3) is 5.34. The Balaban J connectivity index is 1.72. The molecule has 3 aromatic rings. The van der Waals surface area contributed by atoms with Gasteiger partial charge in [-0.05, 0) is 31.7 Å². The van der Waals surface area contributed by atoms with Crippen molar-refractivity contribution in [2.75, 3.05) is 5.32 Å². The average Bonchev–Trinajstić information content (AvgIpc) is 3.25. The molecule has 1 unspecified atom stereocenters. The summed E-state index contributed by atoms with van der Waals surface area (Å²) in [6.07, 6.45) is 8.26. The molecular weight excluding hydrogens is 368 g/mol. The van der Waals surface area contributed by atoms with E-state index in [2.05, 4.69) is 46.9 Å². The van der Waals surface area contributed by atoms with E-state index in [4.69, 9.17) is 9.72 Å². The van der Waals surface area contributed by atoms with Gasteiger partial charge in [0, 0.05) is 30.5 Å². The summed E-state index contributed by atoms with van der Waals surface area (Å²) < 4.78 is 8.87. The molecule has 0 saturated carbocycles. The minimum absolute atomic E-state index is 0.0657. The summed E-state index contributed by atoms with van der Waals surface area (Å²) in [5.74, 6) is 1.39. The minimum atomic E-state index is -0.319. The van der Waals surface area contributed by atoms with Crippen LogP contribution in [0.1, 0.15) is 41.0 Å². The molecule has 0 bridgehead atoms. The third-order valence-electron chi connectivity index (χ3n) is 4.95. The standard InChI is InChI=1S/C21H30N6O2/c1-6-16(14(2)3)11-26-8-7-17-9-22-21(25-20(17)26)24-18-10-23-27(12-18)13-19(28)29-15(4)5/h7-10,12,14-16H,6,11,13H2,1-5H3,(H,22,24,25). The van der Waals surface area contributed by atoms with Gasteiger partial charge in [-0.2, -0.15) is 10.1 Å². The Morgan fingerprint density at radius 3 is 2.72 bits per heavy atom. The lowest BCUT2D eigenvalue weighted by Crippen LogP contribution is -2.17. The van der Waals surface area contributed by atoms with Crippen LogP contribution in [0.15, 0.2) is 30.9 Å². The van der Waals surface area contributed by atoms with E-state index >= 15 is 0 Å². The summed E-state index contributed by atoms with van der Waals surface area (Å²) in [5, 5.41) is 8.37. The monoisotopic (exact) mass is 398 g/mol. The van der Waals surface area contributed by atoms with Gasteiger partial charge in [0.05, 0.1) is 18.0 Å². The van der Waals surface area contributed by atoms with E-state index in [1.165, 1.54) is 4.68 Å². The van der Waals surface area contributed by atoms with Gasteiger partial charge in [-0.15, -0.1) is 0 Å². The van der Waals surface area contributed by atoms with Gasteiger partial charge < -0.3 is 14.6 Å². The van der Waals surface area contributed by atoms with E-state index in [-0.39, 0.29) is 18.6 Å². The van der Waals surface area contributed by atoms with Crippen molar-refractivity contribution in [3.05, 3.63) is 30.9 Å². The van der Waals surface area contributed by atoms with E-state index in [9.17, 15) is 4.79 Å². The van der Waals surface area contributed by atoms with Crippen molar-refractivity contribution >= 4 is 28.6 Å². The number of aromatic nitrogens is 5. The number of carbonyl (C=O) groups excluding carboxylic acids is 1. The zero-order chi connectivity index (χ0) is 21.0. The maximum atomic E-state index is 11.8. The molecule has 0 radical (unpaired) electrons. The van der Waals surface area contributed by atoms with Crippen LogP contribution in [0.5, 0.6) is 0 Å². The molecular formula is C21H30N6O2. The number of nitrogens with zero attached hydrogens (tertiary/aromatic N) is 5. The van der Waals surface area contributed by atoms with Crippen LogP contribution in [0, 0.1) is 11.8 Å². The van der Waals surface area contributed by atoms with Crippen LogP contribution >= 0.6 is 0 Å². The molecule has 3 aromatic heterocycles. The number of rotatable bonds is 9. The Morgan fingerprint density at radius 2 is 2.03 bits per heavy atom. The number of hydrogen-bond acceptors (Lipinski definition) is 6. The Bertz CT molecular complexity index is 959. The van der Waals surface area contributed by atoms with Crippen molar-refractivity contribution < 1.29 is 9.53 Å². The molecule has 0 amide bonds. The molecule has 156 valence electrons. The smallest absolute Gasteiger partial charge is 0.328 e. The Kier molecular flexibility index (Phi) is 6.51. The van der Waals surface area contributed by atoms with E-state index in [1.54, 1.807) is 12.4 Å². The largest absolute Gasteiger partial charge is 0.462 e. The molecule has 3 heterocycles. The van der Waals surface area contributed by atoms with Crippen LogP contribution < -0.4 is 5.32 Å². The molecule has 0 spiro atoms. The number of ether oxygens (including phenoxy) is 1. The molecule has 0 aromatic carbocycles. The number of carbonyl (C=O) groups is 1. The minimum Gasteiger partial charge on any atom is -0.462 e. The second kappa shape index (κ2) is 9.07. The predicted molar refractivity (Wildman–Crippen MR) is 113 cm³/mol. The summed E-state index contributed by atoms with van der Waals surface area (Å²) >= 11 is 0. The fraction of sp³-hybridized carbons (Fsp3) is 0.524. The number of anilines is 2. The zero-order valence-electron chi connectivity index (χ0n) is 17.8. The number of hydrogen-bond donors (Lipinski definition) is 1. The number of nitrogens with one attached hydrogen (secondary N) is 1. The first-order valence-corrected chi connectivity index (χ1v) is 10.2. The summed E-state index contributed by atoms with van der Waals surface area (Å²) in [6, 6.07) is 2.05. The molecule has 8 heteroatoms. The highest BCUT2D eigenvalue weighted by Gasteiger charge is 2.14. The van der Waals surface area contributed by atoms with E-state index in [1.807, 2.05) is 26.1 Å². The fourth-order valence-corrected chi connectivity index (χ4v) is 3.32.